The third-order valence-corrected chi connectivity index (χ3v) is 4.56. The number of carboxylic acids is 1. The van der Waals surface area contributed by atoms with Crippen molar-refractivity contribution in [1.82, 2.24) is 5.32 Å². The van der Waals surface area contributed by atoms with Crippen molar-refractivity contribution in [3.05, 3.63) is 29.3 Å². The summed E-state index contributed by atoms with van der Waals surface area (Å²) >= 11 is 0. The SMILES string of the molecule is O=C(NC1CCCc2cc(OC(F)F)ccc21)[C@@H]1CC[C@H](C(=O)O)O1. The molecule has 136 valence electrons. The van der Waals surface area contributed by atoms with E-state index in [-0.39, 0.29) is 17.7 Å². The minimum absolute atomic E-state index is 0.101. The third-order valence-electron chi connectivity index (χ3n) is 4.56. The van der Waals surface area contributed by atoms with Crippen molar-refractivity contribution in [3.63, 3.8) is 0 Å². The van der Waals surface area contributed by atoms with E-state index in [1.54, 1.807) is 12.1 Å². The van der Waals surface area contributed by atoms with Crippen LogP contribution < -0.4 is 10.1 Å². The average Bonchev–Trinajstić information content (AvgIpc) is 3.04. The summed E-state index contributed by atoms with van der Waals surface area (Å²) in [5.41, 5.74) is 1.74. The van der Waals surface area contributed by atoms with Crippen LogP contribution in [0, 0.1) is 0 Å². The van der Waals surface area contributed by atoms with Crippen LogP contribution in [-0.4, -0.2) is 35.8 Å². The van der Waals surface area contributed by atoms with Gasteiger partial charge in [-0.15, -0.1) is 0 Å². The Morgan fingerprint density at radius 2 is 2.00 bits per heavy atom. The number of amides is 1. The molecule has 0 radical (unpaired) electrons. The lowest BCUT2D eigenvalue weighted by molar-refractivity contribution is -0.152. The predicted molar refractivity (Wildman–Crippen MR) is 82.4 cm³/mol. The molecule has 8 heteroatoms. The lowest BCUT2D eigenvalue weighted by Gasteiger charge is -2.27. The van der Waals surface area contributed by atoms with Gasteiger partial charge in [0.25, 0.3) is 0 Å². The summed E-state index contributed by atoms with van der Waals surface area (Å²) in [5.74, 6) is -1.30. The first-order valence-corrected chi connectivity index (χ1v) is 8.20. The summed E-state index contributed by atoms with van der Waals surface area (Å²) in [7, 11) is 0. The number of aliphatic carboxylic acids is 1. The summed E-state index contributed by atoms with van der Waals surface area (Å²) in [6, 6.07) is 4.48. The van der Waals surface area contributed by atoms with Gasteiger partial charge in [-0.1, -0.05) is 6.07 Å². The Kier molecular flexibility index (Phi) is 5.17. The maximum atomic E-state index is 12.4. The highest BCUT2D eigenvalue weighted by molar-refractivity contribution is 5.83. The van der Waals surface area contributed by atoms with Gasteiger partial charge < -0.3 is 19.9 Å². The molecule has 1 fully saturated rings. The second kappa shape index (κ2) is 7.35. The molecule has 0 bridgehead atoms. The van der Waals surface area contributed by atoms with Gasteiger partial charge in [-0.05, 0) is 55.4 Å². The maximum Gasteiger partial charge on any atom is 0.387 e. The predicted octanol–water partition coefficient (Wildman–Crippen LogP) is 2.41. The standard InChI is InChI=1S/C17H19F2NO5/c18-17(19)24-10-4-5-11-9(8-10)2-1-3-12(11)20-15(21)13-6-7-14(25-13)16(22)23/h4-5,8,12-14,17H,1-3,6-7H2,(H,20,21)(H,22,23)/t12?,13-,14+/m0/s1. The number of benzene rings is 1. The molecule has 1 heterocycles. The van der Waals surface area contributed by atoms with Crippen LogP contribution in [-0.2, 0) is 20.7 Å². The lowest BCUT2D eigenvalue weighted by Crippen LogP contribution is -2.39. The van der Waals surface area contributed by atoms with E-state index in [1.165, 1.54) is 6.07 Å². The number of carbonyl (C=O) groups is 2. The highest BCUT2D eigenvalue weighted by Crippen LogP contribution is 2.33. The largest absolute Gasteiger partial charge is 0.479 e. The van der Waals surface area contributed by atoms with Crippen molar-refractivity contribution in [1.29, 1.82) is 0 Å². The molecule has 1 amide bonds. The normalized spacial score (nSPS) is 25.5. The van der Waals surface area contributed by atoms with E-state index < -0.39 is 24.8 Å². The van der Waals surface area contributed by atoms with Gasteiger partial charge in [0, 0.05) is 0 Å². The summed E-state index contributed by atoms with van der Waals surface area (Å²) in [5, 5.41) is 11.8. The average molecular weight is 355 g/mol. The van der Waals surface area contributed by atoms with Gasteiger partial charge in [-0.3, -0.25) is 4.79 Å². The topological polar surface area (TPSA) is 84.9 Å². The van der Waals surface area contributed by atoms with E-state index in [0.29, 0.717) is 12.8 Å². The fraction of sp³-hybridized carbons (Fsp3) is 0.529. The van der Waals surface area contributed by atoms with Crippen molar-refractivity contribution in [3.8, 4) is 5.75 Å². The van der Waals surface area contributed by atoms with Gasteiger partial charge in [0.05, 0.1) is 6.04 Å². The second-order valence-corrected chi connectivity index (χ2v) is 6.22. The van der Waals surface area contributed by atoms with Crippen molar-refractivity contribution >= 4 is 11.9 Å². The van der Waals surface area contributed by atoms with E-state index in [9.17, 15) is 18.4 Å². The number of aryl methyl sites for hydroxylation is 1. The van der Waals surface area contributed by atoms with Crippen molar-refractivity contribution in [2.24, 2.45) is 0 Å². The summed E-state index contributed by atoms with van der Waals surface area (Å²) in [6.45, 7) is -2.88. The molecule has 0 aromatic heterocycles. The Morgan fingerprint density at radius 1 is 1.24 bits per heavy atom. The molecule has 3 rings (SSSR count). The van der Waals surface area contributed by atoms with E-state index in [1.807, 2.05) is 0 Å². The van der Waals surface area contributed by atoms with Crippen LogP contribution in [0.2, 0.25) is 0 Å². The molecular formula is C17H19F2NO5. The molecule has 3 atom stereocenters. The molecule has 0 spiro atoms. The molecule has 25 heavy (non-hydrogen) atoms. The van der Waals surface area contributed by atoms with Gasteiger partial charge in [-0.25, -0.2) is 4.79 Å². The molecule has 1 unspecified atom stereocenters. The molecule has 2 aliphatic rings. The Labute approximate surface area is 143 Å². The number of carbonyl (C=O) groups excluding carboxylic acids is 1. The number of nitrogens with one attached hydrogen (secondary N) is 1. The van der Waals surface area contributed by atoms with Crippen molar-refractivity contribution in [2.75, 3.05) is 0 Å². The number of hydrogen-bond acceptors (Lipinski definition) is 4. The van der Waals surface area contributed by atoms with Crippen molar-refractivity contribution in [2.45, 2.75) is 57.0 Å². The molecule has 1 aromatic carbocycles. The first-order valence-electron chi connectivity index (χ1n) is 8.20. The number of alkyl halides is 2. The molecule has 1 aliphatic heterocycles. The van der Waals surface area contributed by atoms with Gasteiger partial charge in [0.1, 0.15) is 11.9 Å². The molecular weight excluding hydrogens is 336 g/mol. The molecule has 1 saturated heterocycles. The van der Waals surface area contributed by atoms with Crippen LogP contribution in [0.15, 0.2) is 18.2 Å². The fourth-order valence-electron chi connectivity index (χ4n) is 3.39. The second-order valence-electron chi connectivity index (χ2n) is 6.22. The van der Waals surface area contributed by atoms with Gasteiger partial charge in [0.2, 0.25) is 5.91 Å². The van der Waals surface area contributed by atoms with Gasteiger partial charge >= 0.3 is 12.6 Å². The molecule has 2 N–H and O–H groups in total. The maximum absolute atomic E-state index is 12.4. The van der Waals surface area contributed by atoms with E-state index >= 15 is 0 Å². The number of halogens is 2. The van der Waals surface area contributed by atoms with E-state index in [0.717, 1.165) is 30.4 Å². The number of rotatable bonds is 5. The first-order chi connectivity index (χ1) is 11.9. The van der Waals surface area contributed by atoms with E-state index in [4.69, 9.17) is 9.84 Å². The summed E-state index contributed by atoms with van der Waals surface area (Å²) in [4.78, 5) is 23.3. The molecule has 6 nitrogen and oxygen atoms in total. The lowest BCUT2D eigenvalue weighted by atomic mass is 9.87. The van der Waals surface area contributed by atoms with Crippen LogP contribution in [0.3, 0.4) is 0 Å². The van der Waals surface area contributed by atoms with Crippen LogP contribution in [0.4, 0.5) is 8.78 Å². The van der Waals surface area contributed by atoms with Gasteiger partial charge in [0.15, 0.2) is 6.10 Å². The number of ether oxygens (including phenoxy) is 2. The van der Waals surface area contributed by atoms with Crippen LogP contribution in [0.1, 0.15) is 42.9 Å². The minimum Gasteiger partial charge on any atom is -0.479 e. The monoisotopic (exact) mass is 355 g/mol. The first kappa shape index (κ1) is 17.6. The van der Waals surface area contributed by atoms with Crippen LogP contribution >= 0.6 is 0 Å². The summed E-state index contributed by atoms with van der Waals surface area (Å²) < 4.78 is 34.3. The Morgan fingerprint density at radius 3 is 2.68 bits per heavy atom. The Hall–Kier alpha value is -2.22. The smallest absolute Gasteiger partial charge is 0.387 e. The third kappa shape index (κ3) is 4.07. The quantitative estimate of drug-likeness (QED) is 0.847. The van der Waals surface area contributed by atoms with Gasteiger partial charge in [-0.2, -0.15) is 8.78 Å². The van der Waals surface area contributed by atoms with Crippen molar-refractivity contribution < 1.29 is 33.0 Å². The van der Waals surface area contributed by atoms with E-state index in [2.05, 4.69) is 10.1 Å². The zero-order chi connectivity index (χ0) is 18.0. The number of hydrogen-bond donors (Lipinski definition) is 2. The zero-order valence-electron chi connectivity index (χ0n) is 13.4. The highest BCUT2D eigenvalue weighted by atomic mass is 19.3. The summed E-state index contributed by atoms with van der Waals surface area (Å²) in [6.07, 6.45) is 1.22. The Balaban J connectivity index is 1.67. The Bertz CT molecular complexity index is 666. The minimum atomic E-state index is -2.88. The molecule has 1 aromatic rings. The molecule has 0 saturated carbocycles. The fourth-order valence-corrected chi connectivity index (χ4v) is 3.39. The van der Waals surface area contributed by atoms with Crippen LogP contribution in [0.5, 0.6) is 5.75 Å². The van der Waals surface area contributed by atoms with Crippen LogP contribution in [0.25, 0.3) is 0 Å². The zero-order valence-corrected chi connectivity index (χ0v) is 13.4. The number of fused-ring (bicyclic) bond motifs is 1. The molecule has 1 aliphatic carbocycles. The number of carboxylic acid groups (broad SMARTS) is 1. The highest BCUT2D eigenvalue weighted by Gasteiger charge is 2.36.